The largest absolute Gasteiger partial charge is 0.330 e. The average molecular weight is 181 g/mol. The maximum Gasteiger partial charge on any atom is 0.0525 e. The lowest BCUT2D eigenvalue weighted by atomic mass is 9.77. The third-order valence-electron chi connectivity index (χ3n) is 2.41. The molecule has 0 bridgehead atoms. The van der Waals surface area contributed by atoms with Crippen molar-refractivity contribution in [1.29, 1.82) is 0 Å². The van der Waals surface area contributed by atoms with Gasteiger partial charge in [-0.1, -0.05) is 20.8 Å². The molecular formula is C10H19N3. The van der Waals surface area contributed by atoms with Crippen molar-refractivity contribution in [2.75, 3.05) is 6.54 Å². The van der Waals surface area contributed by atoms with Gasteiger partial charge in [-0.05, 0) is 17.5 Å². The van der Waals surface area contributed by atoms with Gasteiger partial charge in [0.05, 0.1) is 6.20 Å². The maximum absolute atomic E-state index is 5.76. The fourth-order valence-electron chi connectivity index (χ4n) is 1.61. The first-order chi connectivity index (χ1) is 5.95. The van der Waals surface area contributed by atoms with E-state index >= 15 is 0 Å². The lowest BCUT2D eigenvalue weighted by Crippen LogP contribution is -2.25. The van der Waals surface area contributed by atoms with Gasteiger partial charge in [0.25, 0.3) is 0 Å². The summed E-state index contributed by atoms with van der Waals surface area (Å²) in [4.78, 5) is 0. The molecule has 1 unspecified atom stereocenters. The van der Waals surface area contributed by atoms with Crippen molar-refractivity contribution >= 4 is 0 Å². The number of rotatable bonds is 2. The van der Waals surface area contributed by atoms with Crippen molar-refractivity contribution in [3.8, 4) is 0 Å². The van der Waals surface area contributed by atoms with Crippen LogP contribution >= 0.6 is 0 Å². The highest BCUT2D eigenvalue weighted by Gasteiger charge is 2.25. The summed E-state index contributed by atoms with van der Waals surface area (Å²) < 4.78 is 1.82. The molecule has 0 aliphatic rings. The van der Waals surface area contributed by atoms with Gasteiger partial charge in [0.2, 0.25) is 0 Å². The maximum atomic E-state index is 5.76. The second kappa shape index (κ2) is 3.50. The molecule has 0 aliphatic carbocycles. The first kappa shape index (κ1) is 10.3. The van der Waals surface area contributed by atoms with Crippen molar-refractivity contribution < 1.29 is 0 Å². The number of nitrogens with two attached hydrogens (primary N) is 1. The molecule has 3 nitrogen and oxygen atoms in total. The van der Waals surface area contributed by atoms with E-state index in [0.717, 1.165) is 0 Å². The predicted octanol–water partition coefficient (Wildman–Crippen LogP) is 1.51. The second-order valence-corrected chi connectivity index (χ2v) is 4.60. The molecule has 0 aliphatic heterocycles. The van der Waals surface area contributed by atoms with E-state index in [1.807, 2.05) is 24.1 Å². The monoisotopic (exact) mass is 181 g/mol. The third-order valence-corrected chi connectivity index (χ3v) is 2.41. The van der Waals surface area contributed by atoms with E-state index < -0.39 is 0 Å². The van der Waals surface area contributed by atoms with E-state index in [2.05, 4.69) is 25.9 Å². The lowest BCUT2D eigenvalue weighted by molar-refractivity contribution is 0.325. The molecule has 0 aromatic carbocycles. The molecule has 0 saturated heterocycles. The second-order valence-electron chi connectivity index (χ2n) is 4.60. The SMILES string of the molecule is Cn1cc(C(CN)C(C)(C)C)cn1. The molecule has 13 heavy (non-hydrogen) atoms. The summed E-state index contributed by atoms with van der Waals surface area (Å²) in [6.45, 7) is 7.29. The minimum absolute atomic E-state index is 0.206. The molecule has 0 spiro atoms. The first-order valence-corrected chi connectivity index (χ1v) is 4.63. The molecule has 1 atom stereocenters. The van der Waals surface area contributed by atoms with Crippen LogP contribution in [0.4, 0.5) is 0 Å². The van der Waals surface area contributed by atoms with Crippen LogP contribution < -0.4 is 5.73 Å². The van der Waals surface area contributed by atoms with Crippen LogP contribution in [0.5, 0.6) is 0 Å². The topological polar surface area (TPSA) is 43.8 Å². The van der Waals surface area contributed by atoms with Gasteiger partial charge in [-0.2, -0.15) is 5.10 Å². The van der Waals surface area contributed by atoms with Crippen LogP contribution in [0.15, 0.2) is 12.4 Å². The molecule has 3 heteroatoms. The minimum atomic E-state index is 0.206. The van der Waals surface area contributed by atoms with Crippen molar-refractivity contribution in [2.24, 2.45) is 18.2 Å². The molecule has 1 heterocycles. The average Bonchev–Trinajstić information content (AvgIpc) is 2.34. The molecular weight excluding hydrogens is 162 g/mol. The fourth-order valence-corrected chi connectivity index (χ4v) is 1.61. The summed E-state index contributed by atoms with van der Waals surface area (Å²) in [7, 11) is 1.93. The summed E-state index contributed by atoms with van der Waals surface area (Å²) in [6, 6.07) is 0. The molecule has 1 aromatic heterocycles. The number of hydrogen-bond donors (Lipinski definition) is 1. The summed E-state index contributed by atoms with van der Waals surface area (Å²) >= 11 is 0. The standard InChI is InChI=1S/C10H19N3/c1-10(2,3)9(5-11)8-6-12-13(4)7-8/h6-7,9H,5,11H2,1-4H3. The molecule has 1 aromatic rings. The van der Waals surface area contributed by atoms with E-state index in [-0.39, 0.29) is 5.41 Å². The van der Waals surface area contributed by atoms with Crippen LogP contribution in [-0.2, 0) is 7.05 Å². The van der Waals surface area contributed by atoms with Crippen molar-refractivity contribution in [3.05, 3.63) is 18.0 Å². The van der Waals surface area contributed by atoms with Gasteiger partial charge in [0.15, 0.2) is 0 Å². The van der Waals surface area contributed by atoms with Crippen LogP contribution in [-0.4, -0.2) is 16.3 Å². The van der Waals surface area contributed by atoms with E-state index in [0.29, 0.717) is 12.5 Å². The van der Waals surface area contributed by atoms with Crippen LogP contribution in [0.1, 0.15) is 32.3 Å². The highest BCUT2D eigenvalue weighted by molar-refractivity contribution is 5.14. The lowest BCUT2D eigenvalue weighted by Gasteiger charge is -2.28. The molecule has 0 amide bonds. The number of hydrogen-bond acceptors (Lipinski definition) is 2. The zero-order chi connectivity index (χ0) is 10.1. The van der Waals surface area contributed by atoms with E-state index in [9.17, 15) is 0 Å². The first-order valence-electron chi connectivity index (χ1n) is 4.63. The Kier molecular flexibility index (Phi) is 2.76. The highest BCUT2D eigenvalue weighted by Crippen LogP contribution is 2.33. The Bertz CT molecular complexity index is 270. The van der Waals surface area contributed by atoms with E-state index in [1.165, 1.54) is 5.56 Å². The molecule has 2 N–H and O–H groups in total. The van der Waals surface area contributed by atoms with Crippen LogP contribution in [0.2, 0.25) is 0 Å². The van der Waals surface area contributed by atoms with Gasteiger partial charge >= 0.3 is 0 Å². The van der Waals surface area contributed by atoms with Crippen molar-refractivity contribution in [2.45, 2.75) is 26.7 Å². The smallest absolute Gasteiger partial charge is 0.0525 e. The van der Waals surface area contributed by atoms with Gasteiger partial charge in [0.1, 0.15) is 0 Å². The number of aryl methyl sites for hydroxylation is 1. The molecule has 0 saturated carbocycles. The van der Waals surface area contributed by atoms with Gasteiger partial charge in [-0.15, -0.1) is 0 Å². The Morgan fingerprint density at radius 2 is 2.15 bits per heavy atom. The zero-order valence-corrected chi connectivity index (χ0v) is 8.91. The van der Waals surface area contributed by atoms with E-state index in [1.54, 1.807) is 0 Å². The minimum Gasteiger partial charge on any atom is -0.330 e. The van der Waals surface area contributed by atoms with Crippen LogP contribution in [0.25, 0.3) is 0 Å². The summed E-state index contributed by atoms with van der Waals surface area (Å²) in [6.07, 6.45) is 3.95. The zero-order valence-electron chi connectivity index (χ0n) is 8.91. The third kappa shape index (κ3) is 2.31. The van der Waals surface area contributed by atoms with Gasteiger partial charge in [0, 0.05) is 19.2 Å². The molecule has 1 rings (SSSR count). The molecule has 0 radical (unpaired) electrons. The Morgan fingerprint density at radius 3 is 2.46 bits per heavy atom. The van der Waals surface area contributed by atoms with Gasteiger partial charge < -0.3 is 5.73 Å². The molecule has 0 fully saturated rings. The number of aromatic nitrogens is 2. The Balaban J connectivity index is 2.91. The Labute approximate surface area is 79.9 Å². The summed E-state index contributed by atoms with van der Waals surface area (Å²) in [5.41, 5.74) is 7.20. The van der Waals surface area contributed by atoms with E-state index in [4.69, 9.17) is 5.73 Å². The Hall–Kier alpha value is -0.830. The summed E-state index contributed by atoms with van der Waals surface area (Å²) in [5.74, 6) is 0.390. The van der Waals surface area contributed by atoms with Gasteiger partial charge in [-0.25, -0.2) is 0 Å². The van der Waals surface area contributed by atoms with Crippen LogP contribution in [0, 0.1) is 5.41 Å². The Morgan fingerprint density at radius 1 is 1.54 bits per heavy atom. The fraction of sp³-hybridized carbons (Fsp3) is 0.700. The summed E-state index contributed by atoms with van der Waals surface area (Å²) in [5, 5.41) is 4.16. The normalized spacial score (nSPS) is 14.5. The highest BCUT2D eigenvalue weighted by atomic mass is 15.2. The van der Waals surface area contributed by atoms with Crippen molar-refractivity contribution in [1.82, 2.24) is 9.78 Å². The van der Waals surface area contributed by atoms with Crippen molar-refractivity contribution in [3.63, 3.8) is 0 Å². The number of nitrogens with zero attached hydrogens (tertiary/aromatic N) is 2. The molecule has 74 valence electrons. The predicted molar refractivity (Wildman–Crippen MR) is 54.5 cm³/mol. The van der Waals surface area contributed by atoms with Gasteiger partial charge in [-0.3, -0.25) is 4.68 Å². The van der Waals surface area contributed by atoms with Crippen LogP contribution in [0.3, 0.4) is 0 Å². The quantitative estimate of drug-likeness (QED) is 0.751.